The van der Waals surface area contributed by atoms with Crippen LogP contribution in [0, 0.1) is 0 Å². The molecule has 0 saturated heterocycles. The summed E-state index contributed by atoms with van der Waals surface area (Å²) in [6, 6.07) is 0. The monoisotopic (exact) mass is 276 g/mol. The van der Waals surface area contributed by atoms with Crippen LogP contribution in [-0.4, -0.2) is 30.8 Å². The van der Waals surface area contributed by atoms with Crippen LogP contribution < -0.4 is 0 Å². The smallest absolute Gasteiger partial charge is 0.378 e. The maximum absolute atomic E-state index is 6.15. The molecule has 2 radical (unpaired) electrons. The molecule has 0 aliphatic heterocycles. The molecule has 0 aliphatic carbocycles. The van der Waals surface area contributed by atoms with Crippen molar-refractivity contribution in [1.29, 1.82) is 0 Å². The lowest BCUT2D eigenvalue weighted by Crippen LogP contribution is -2.40. The van der Waals surface area contributed by atoms with Gasteiger partial charge in [0.25, 0.3) is 0 Å². The summed E-state index contributed by atoms with van der Waals surface area (Å²) in [5, 5.41) is 0. The zero-order chi connectivity index (χ0) is 13.6. The fourth-order valence-corrected chi connectivity index (χ4v) is 5.66. The van der Waals surface area contributed by atoms with E-state index in [1.54, 1.807) is 0 Å². The van der Waals surface area contributed by atoms with Crippen LogP contribution in [-0.2, 0) is 13.0 Å². The first-order valence-electron chi connectivity index (χ1n) is 6.48. The highest BCUT2D eigenvalue weighted by molar-refractivity contribution is 6.60. The Balaban J connectivity index is 4.45. The van der Waals surface area contributed by atoms with Crippen molar-refractivity contribution < 1.29 is 13.0 Å². The van der Waals surface area contributed by atoms with E-state index >= 15 is 0 Å². The van der Waals surface area contributed by atoms with Crippen LogP contribution in [0.15, 0.2) is 0 Å². The molecule has 0 aromatic rings. The Morgan fingerprint density at radius 1 is 0.588 bits per heavy atom. The number of hydrogen-bond acceptors (Lipinski definition) is 3. The van der Waals surface area contributed by atoms with Gasteiger partial charge in [0.1, 0.15) is 0 Å². The van der Waals surface area contributed by atoms with E-state index in [0.717, 1.165) is 0 Å². The van der Waals surface area contributed by atoms with Gasteiger partial charge < -0.3 is 13.0 Å². The molecule has 5 heteroatoms. The van der Waals surface area contributed by atoms with Gasteiger partial charge in [0, 0.05) is 12.2 Å². The van der Waals surface area contributed by atoms with Crippen molar-refractivity contribution in [1.82, 2.24) is 0 Å². The van der Waals surface area contributed by atoms with Gasteiger partial charge in [0.05, 0.1) is 0 Å². The van der Waals surface area contributed by atoms with E-state index < -0.39 is 18.6 Å². The fraction of sp³-hybridized carbons (Fsp3) is 1.00. The second kappa shape index (κ2) is 8.42. The molecule has 17 heavy (non-hydrogen) atoms. The van der Waals surface area contributed by atoms with Gasteiger partial charge in [-0.25, -0.2) is 0 Å². The zero-order valence-corrected chi connectivity index (χ0v) is 14.5. The highest BCUT2D eigenvalue weighted by Crippen LogP contribution is 2.19. The molecule has 102 valence electrons. The molecule has 0 aromatic carbocycles. The molecule has 0 fully saturated rings. The average Bonchev–Trinajstić information content (AvgIpc) is 2.13. The highest BCUT2D eigenvalue weighted by atomic mass is 28.4. The van der Waals surface area contributed by atoms with Crippen molar-refractivity contribution in [3.63, 3.8) is 0 Å². The van der Waals surface area contributed by atoms with Crippen molar-refractivity contribution in [3.05, 3.63) is 0 Å². The normalized spacial score (nSPS) is 13.1. The third-order valence-electron chi connectivity index (χ3n) is 1.85. The fourth-order valence-electron chi connectivity index (χ4n) is 1.12. The maximum atomic E-state index is 6.15. The first-order valence-corrected chi connectivity index (χ1v) is 9.27. The first kappa shape index (κ1) is 17.3. The largest absolute Gasteiger partial charge is 0.412 e. The Morgan fingerprint density at radius 3 is 1.06 bits per heavy atom. The summed E-state index contributed by atoms with van der Waals surface area (Å²) in [6.45, 7) is 16.9. The molecular formula is C12H28O3Si2. The van der Waals surface area contributed by atoms with E-state index in [0.29, 0.717) is 11.1 Å². The van der Waals surface area contributed by atoms with E-state index in [2.05, 4.69) is 55.4 Å². The van der Waals surface area contributed by atoms with Crippen LogP contribution >= 0.6 is 0 Å². The van der Waals surface area contributed by atoms with Crippen LogP contribution in [0.4, 0.5) is 0 Å². The minimum atomic E-state index is -1.23. The topological polar surface area (TPSA) is 27.7 Å². The molecule has 0 atom stereocenters. The summed E-state index contributed by atoms with van der Waals surface area (Å²) in [6.07, 6.45) is 0.446. The van der Waals surface area contributed by atoms with Gasteiger partial charge in [-0.3, -0.25) is 0 Å². The Kier molecular flexibility index (Phi) is 8.58. The van der Waals surface area contributed by atoms with E-state index in [1.165, 1.54) is 0 Å². The van der Waals surface area contributed by atoms with Gasteiger partial charge in [0.15, 0.2) is 0 Å². The summed E-state index contributed by atoms with van der Waals surface area (Å²) < 4.78 is 18.0. The van der Waals surface area contributed by atoms with Gasteiger partial charge in [-0.05, 0) is 38.8 Å². The Labute approximate surface area is 111 Å². The molecule has 0 unspecified atom stereocenters. The van der Waals surface area contributed by atoms with Crippen LogP contribution in [0.25, 0.3) is 0 Å². The number of rotatable bonds is 8. The summed E-state index contributed by atoms with van der Waals surface area (Å²) in [5.74, 6) is 0. The van der Waals surface area contributed by atoms with Crippen molar-refractivity contribution in [2.24, 2.45) is 0 Å². The van der Waals surface area contributed by atoms with Crippen LogP contribution in [0.3, 0.4) is 0 Å². The van der Waals surface area contributed by atoms with E-state index in [4.69, 9.17) is 13.0 Å². The molecule has 0 rings (SSSR count). The number of hydrogen-bond donors (Lipinski definition) is 0. The van der Waals surface area contributed by atoms with Gasteiger partial charge in [-0.15, -0.1) is 0 Å². The predicted molar refractivity (Wildman–Crippen MR) is 75.2 cm³/mol. The third kappa shape index (κ3) is 8.10. The van der Waals surface area contributed by atoms with Gasteiger partial charge in [-0.1, -0.05) is 27.7 Å². The van der Waals surface area contributed by atoms with Crippen molar-refractivity contribution in [3.8, 4) is 0 Å². The lowest BCUT2D eigenvalue weighted by Gasteiger charge is -2.27. The Bertz CT molecular complexity index is 176. The van der Waals surface area contributed by atoms with E-state index in [-0.39, 0.29) is 12.2 Å². The Morgan fingerprint density at radius 2 is 0.882 bits per heavy atom. The van der Waals surface area contributed by atoms with Gasteiger partial charge in [-0.2, -0.15) is 0 Å². The molecule has 0 N–H and O–H groups in total. The second-order valence-corrected chi connectivity index (χ2v) is 10.3. The predicted octanol–water partition coefficient (Wildman–Crippen LogP) is 3.65. The van der Waals surface area contributed by atoms with Crippen molar-refractivity contribution >= 4 is 18.6 Å². The Hall–Kier alpha value is 0.314. The van der Waals surface area contributed by atoms with E-state index in [1.807, 2.05) is 0 Å². The molecule has 0 aromatic heterocycles. The molecule has 0 aliphatic rings. The summed E-state index contributed by atoms with van der Waals surface area (Å²) in [5.41, 5.74) is 0.883. The quantitative estimate of drug-likeness (QED) is 0.633. The third-order valence-corrected chi connectivity index (χ3v) is 6.75. The SMILES string of the molecule is CC(C)O[Si](O[Si](OC(C)C)C(C)C)C(C)C. The summed E-state index contributed by atoms with van der Waals surface area (Å²) >= 11 is 0. The van der Waals surface area contributed by atoms with Crippen LogP contribution in [0.2, 0.25) is 11.1 Å². The average molecular weight is 277 g/mol. The standard InChI is InChI=1S/C12H28O3Si2/c1-9(2)13-16(11(5)6)15-17(12(7)8)14-10(3)4/h9-12H,1-8H3. The molecule has 0 spiro atoms. The lowest BCUT2D eigenvalue weighted by molar-refractivity contribution is 0.157. The highest BCUT2D eigenvalue weighted by Gasteiger charge is 2.31. The second-order valence-electron chi connectivity index (χ2n) is 5.38. The molecule has 0 heterocycles. The van der Waals surface area contributed by atoms with Gasteiger partial charge in [0.2, 0.25) is 0 Å². The minimum absolute atomic E-state index is 0.223. The van der Waals surface area contributed by atoms with Crippen LogP contribution in [0.1, 0.15) is 55.4 Å². The molecule has 3 nitrogen and oxygen atoms in total. The van der Waals surface area contributed by atoms with Crippen LogP contribution in [0.5, 0.6) is 0 Å². The van der Waals surface area contributed by atoms with Crippen molar-refractivity contribution in [2.45, 2.75) is 78.7 Å². The lowest BCUT2D eigenvalue weighted by atomic mass is 10.5. The first-order chi connectivity index (χ1) is 7.73. The molecular weight excluding hydrogens is 248 g/mol. The zero-order valence-electron chi connectivity index (χ0n) is 12.5. The van der Waals surface area contributed by atoms with Gasteiger partial charge >= 0.3 is 18.6 Å². The van der Waals surface area contributed by atoms with E-state index in [9.17, 15) is 0 Å². The summed E-state index contributed by atoms with van der Waals surface area (Å²) in [4.78, 5) is 0. The van der Waals surface area contributed by atoms with Crippen molar-refractivity contribution in [2.75, 3.05) is 0 Å². The summed E-state index contributed by atoms with van der Waals surface area (Å²) in [7, 11) is -2.46. The molecule has 0 saturated carbocycles. The molecule has 0 amide bonds. The maximum Gasteiger partial charge on any atom is 0.378 e. The molecule has 0 bridgehead atoms. The minimum Gasteiger partial charge on any atom is -0.412 e.